The third-order valence-electron chi connectivity index (χ3n) is 4.32. The molecule has 0 radical (unpaired) electrons. The van der Waals surface area contributed by atoms with Crippen molar-refractivity contribution in [1.82, 2.24) is 10.3 Å². The number of benzene rings is 1. The lowest BCUT2D eigenvalue weighted by atomic mass is 9.80. The van der Waals surface area contributed by atoms with Crippen LogP contribution in [0.3, 0.4) is 0 Å². The fourth-order valence-corrected chi connectivity index (χ4v) is 3.45. The van der Waals surface area contributed by atoms with Crippen LogP contribution in [0.15, 0.2) is 36.5 Å². The molecule has 0 aliphatic heterocycles. The second-order valence-corrected chi connectivity index (χ2v) is 6.72. The van der Waals surface area contributed by atoms with Gasteiger partial charge in [-0.1, -0.05) is 35.3 Å². The summed E-state index contributed by atoms with van der Waals surface area (Å²) < 4.78 is 15.5. The third-order valence-corrected chi connectivity index (χ3v) is 4.90. The van der Waals surface area contributed by atoms with Crippen LogP contribution in [0.5, 0.6) is 0 Å². The van der Waals surface area contributed by atoms with Gasteiger partial charge in [0.2, 0.25) is 0 Å². The summed E-state index contributed by atoms with van der Waals surface area (Å²) >= 11 is 11.9. The van der Waals surface area contributed by atoms with Gasteiger partial charge in [0.05, 0.1) is 11.8 Å². The summed E-state index contributed by atoms with van der Waals surface area (Å²) in [5, 5.41) is 24.1. The van der Waals surface area contributed by atoms with Gasteiger partial charge in [-0.05, 0) is 36.6 Å². The molecule has 7 heteroatoms. The van der Waals surface area contributed by atoms with E-state index in [9.17, 15) is 10.2 Å². The van der Waals surface area contributed by atoms with Gasteiger partial charge in [0, 0.05) is 28.4 Å². The molecule has 3 atom stereocenters. The molecular formula is C17H17Cl2FN2O2. The van der Waals surface area contributed by atoms with E-state index in [2.05, 4.69) is 10.3 Å². The number of aliphatic hydroxyl groups excluding tert-OH is 2. The SMILES string of the molecule is OC1CCC(F)(C(O)NCc2ccc(Cl)cc2Cl)c2cccnc21. The summed E-state index contributed by atoms with van der Waals surface area (Å²) in [6.45, 7) is 0.182. The normalized spacial score (nSPS) is 24.5. The van der Waals surface area contributed by atoms with Gasteiger partial charge in [0.15, 0.2) is 5.67 Å². The van der Waals surface area contributed by atoms with Crippen LogP contribution in [0.25, 0.3) is 0 Å². The highest BCUT2D eigenvalue weighted by molar-refractivity contribution is 6.35. The molecule has 1 aliphatic carbocycles. The van der Waals surface area contributed by atoms with E-state index in [4.69, 9.17) is 23.2 Å². The zero-order valence-corrected chi connectivity index (χ0v) is 14.2. The van der Waals surface area contributed by atoms with Gasteiger partial charge in [-0.25, -0.2) is 4.39 Å². The fraction of sp³-hybridized carbons (Fsp3) is 0.353. The Hall–Kier alpha value is -1.24. The van der Waals surface area contributed by atoms with Crippen LogP contribution in [0, 0.1) is 0 Å². The molecule has 24 heavy (non-hydrogen) atoms. The molecule has 0 amide bonds. The molecule has 1 aliphatic rings. The quantitative estimate of drug-likeness (QED) is 0.720. The van der Waals surface area contributed by atoms with E-state index < -0.39 is 18.0 Å². The molecule has 0 spiro atoms. The van der Waals surface area contributed by atoms with Gasteiger partial charge in [-0.15, -0.1) is 0 Å². The van der Waals surface area contributed by atoms with Gasteiger partial charge in [0.25, 0.3) is 0 Å². The zero-order valence-electron chi connectivity index (χ0n) is 12.7. The highest BCUT2D eigenvalue weighted by Crippen LogP contribution is 2.43. The summed E-state index contributed by atoms with van der Waals surface area (Å²) in [4.78, 5) is 4.06. The monoisotopic (exact) mass is 370 g/mol. The molecule has 3 unspecified atom stereocenters. The van der Waals surface area contributed by atoms with Crippen molar-refractivity contribution in [1.29, 1.82) is 0 Å². The lowest BCUT2D eigenvalue weighted by Gasteiger charge is -2.37. The molecular weight excluding hydrogens is 354 g/mol. The summed E-state index contributed by atoms with van der Waals surface area (Å²) in [6, 6.07) is 8.13. The second kappa shape index (κ2) is 6.94. The topological polar surface area (TPSA) is 65.4 Å². The number of aliphatic hydroxyl groups is 2. The summed E-state index contributed by atoms with van der Waals surface area (Å²) in [5.41, 5.74) is -0.838. The lowest BCUT2D eigenvalue weighted by Crippen LogP contribution is -2.47. The number of hydrogen-bond donors (Lipinski definition) is 3. The predicted molar refractivity (Wildman–Crippen MR) is 90.5 cm³/mol. The van der Waals surface area contributed by atoms with Crippen molar-refractivity contribution in [2.75, 3.05) is 0 Å². The minimum atomic E-state index is -2.03. The number of hydrogen-bond acceptors (Lipinski definition) is 4. The van der Waals surface area contributed by atoms with Gasteiger partial charge >= 0.3 is 0 Å². The number of nitrogens with one attached hydrogen (secondary N) is 1. The molecule has 3 rings (SSSR count). The Balaban J connectivity index is 1.79. The van der Waals surface area contributed by atoms with Crippen LogP contribution in [-0.2, 0) is 12.2 Å². The van der Waals surface area contributed by atoms with Crippen LogP contribution in [0.1, 0.15) is 35.8 Å². The Bertz CT molecular complexity index is 746. The maximum absolute atomic E-state index is 15.5. The summed E-state index contributed by atoms with van der Waals surface area (Å²) in [6.07, 6.45) is -0.583. The minimum Gasteiger partial charge on any atom is -0.387 e. The number of fused-ring (bicyclic) bond motifs is 1. The zero-order chi connectivity index (χ0) is 17.3. The standard InChI is InChI=1S/C17H17Cl2FN2O2/c18-11-4-3-10(13(19)8-11)9-22-16(24)17(20)6-5-14(23)15-12(17)2-1-7-21-15/h1-4,7-8,14,16,22-24H,5-6,9H2. The van der Waals surface area contributed by atoms with Crippen molar-refractivity contribution in [3.8, 4) is 0 Å². The molecule has 2 aromatic rings. The van der Waals surface area contributed by atoms with Crippen molar-refractivity contribution in [2.45, 2.75) is 37.4 Å². The number of rotatable bonds is 4. The average Bonchev–Trinajstić information content (AvgIpc) is 2.57. The van der Waals surface area contributed by atoms with Crippen LogP contribution < -0.4 is 5.32 Å². The molecule has 3 N–H and O–H groups in total. The fourth-order valence-electron chi connectivity index (χ4n) is 2.97. The summed E-state index contributed by atoms with van der Waals surface area (Å²) in [5.74, 6) is 0. The molecule has 4 nitrogen and oxygen atoms in total. The Kier molecular flexibility index (Phi) is 5.08. The van der Waals surface area contributed by atoms with Crippen molar-refractivity contribution in [3.05, 3.63) is 63.4 Å². The van der Waals surface area contributed by atoms with E-state index in [1.807, 2.05) is 0 Å². The lowest BCUT2D eigenvalue weighted by molar-refractivity contribution is -0.0592. The highest BCUT2D eigenvalue weighted by Gasteiger charge is 2.46. The molecule has 1 heterocycles. The Morgan fingerprint density at radius 3 is 2.92 bits per heavy atom. The number of pyridine rings is 1. The van der Waals surface area contributed by atoms with E-state index in [0.717, 1.165) is 0 Å². The van der Waals surface area contributed by atoms with Crippen LogP contribution >= 0.6 is 23.2 Å². The Morgan fingerprint density at radius 1 is 1.38 bits per heavy atom. The minimum absolute atomic E-state index is 0.00459. The van der Waals surface area contributed by atoms with Crippen molar-refractivity contribution in [3.63, 3.8) is 0 Å². The average molecular weight is 371 g/mol. The Morgan fingerprint density at radius 2 is 2.17 bits per heavy atom. The van der Waals surface area contributed by atoms with Gasteiger partial charge in [-0.3, -0.25) is 10.3 Å². The summed E-state index contributed by atoms with van der Waals surface area (Å²) in [7, 11) is 0. The largest absolute Gasteiger partial charge is 0.387 e. The van der Waals surface area contributed by atoms with E-state index in [-0.39, 0.29) is 30.6 Å². The van der Waals surface area contributed by atoms with E-state index in [1.54, 1.807) is 30.3 Å². The smallest absolute Gasteiger partial charge is 0.176 e. The van der Waals surface area contributed by atoms with E-state index in [0.29, 0.717) is 15.6 Å². The van der Waals surface area contributed by atoms with Gasteiger partial charge in [0.1, 0.15) is 6.23 Å². The van der Waals surface area contributed by atoms with Crippen LogP contribution in [-0.4, -0.2) is 21.4 Å². The molecule has 1 aromatic heterocycles. The molecule has 1 aromatic carbocycles. The molecule has 128 valence electrons. The number of nitrogens with zero attached hydrogens (tertiary/aromatic N) is 1. The van der Waals surface area contributed by atoms with Crippen LogP contribution in [0.4, 0.5) is 4.39 Å². The first kappa shape index (κ1) is 17.6. The van der Waals surface area contributed by atoms with Crippen molar-refractivity contribution < 1.29 is 14.6 Å². The van der Waals surface area contributed by atoms with E-state index in [1.165, 1.54) is 6.20 Å². The number of halogens is 3. The van der Waals surface area contributed by atoms with Crippen molar-refractivity contribution >= 4 is 23.2 Å². The first-order valence-electron chi connectivity index (χ1n) is 7.59. The maximum atomic E-state index is 15.5. The molecule has 0 fully saturated rings. The molecule has 0 bridgehead atoms. The number of aromatic nitrogens is 1. The van der Waals surface area contributed by atoms with Crippen LogP contribution in [0.2, 0.25) is 10.0 Å². The predicted octanol–water partition coefficient (Wildman–Crippen LogP) is 3.49. The highest BCUT2D eigenvalue weighted by atomic mass is 35.5. The molecule has 0 saturated carbocycles. The molecule has 0 saturated heterocycles. The first-order valence-corrected chi connectivity index (χ1v) is 8.35. The van der Waals surface area contributed by atoms with Crippen molar-refractivity contribution in [2.24, 2.45) is 0 Å². The maximum Gasteiger partial charge on any atom is 0.176 e. The Labute approximate surface area is 149 Å². The van der Waals surface area contributed by atoms with Gasteiger partial charge in [-0.2, -0.15) is 0 Å². The van der Waals surface area contributed by atoms with Gasteiger partial charge < -0.3 is 10.2 Å². The second-order valence-electron chi connectivity index (χ2n) is 5.87. The third kappa shape index (κ3) is 3.27. The number of alkyl halides is 1. The van der Waals surface area contributed by atoms with E-state index >= 15 is 4.39 Å². The first-order chi connectivity index (χ1) is 11.4.